The molecule has 2 aromatic heterocycles. The van der Waals surface area contributed by atoms with E-state index in [2.05, 4.69) is 15.1 Å². The summed E-state index contributed by atoms with van der Waals surface area (Å²) in [6.07, 6.45) is 7.27. The maximum atomic E-state index is 13.5. The number of hydrogen-bond acceptors (Lipinski definition) is 5. The van der Waals surface area contributed by atoms with E-state index in [4.69, 9.17) is 16.3 Å². The highest BCUT2D eigenvalue weighted by atomic mass is 35.5. The topological polar surface area (TPSA) is 71.2 Å². The molecular formula is C28H36ClN5O3. The van der Waals surface area contributed by atoms with Gasteiger partial charge in [-0.15, -0.1) is 0 Å². The molecule has 198 valence electrons. The third kappa shape index (κ3) is 6.03. The fourth-order valence-corrected chi connectivity index (χ4v) is 5.73. The maximum Gasteiger partial charge on any atom is 0.275 e. The van der Waals surface area contributed by atoms with Gasteiger partial charge in [0.05, 0.1) is 18.5 Å². The maximum absolute atomic E-state index is 13.5. The minimum atomic E-state index is -0.249. The molecule has 0 bridgehead atoms. The van der Waals surface area contributed by atoms with Gasteiger partial charge in [-0.2, -0.15) is 0 Å². The Labute approximate surface area is 222 Å². The fourth-order valence-electron chi connectivity index (χ4n) is 5.54. The van der Waals surface area contributed by atoms with E-state index in [0.29, 0.717) is 28.6 Å². The lowest BCUT2D eigenvalue weighted by Gasteiger charge is -2.37. The van der Waals surface area contributed by atoms with E-state index in [9.17, 15) is 9.59 Å². The average Bonchev–Trinajstić information content (AvgIpc) is 3.49. The van der Waals surface area contributed by atoms with Gasteiger partial charge in [0.2, 0.25) is 5.91 Å². The van der Waals surface area contributed by atoms with E-state index < -0.39 is 0 Å². The number of hydrogen-bond donors (Lipinski definition) is 1. The second-order valence-corrected chi connectivity index (χ2v) is 10.9. The van der Waals surface area contributed by atoms with Gasteiger partial charge in [-0.3, -0.25) is 19.1 Å². The molecule has 0 saturated carbocycles. The van der Waals surface area contributed by atoms with Gasteiger partial charge < -0.3 is 19.4 Å². The van der Waals surface area contributed by atoms with E-state index in [-0.39, 0.29) is 24.1 Å². The second kappa shape index (κ2) is 11.3. The summed E-state index contributed by atoms with van der Waals surface area (Å²) in [5.41, 5.74) is 1.60. The lowest BCUT2D eigenvalue weighted by atomic mass is 10.1. The molecular weight excluding hydrogens is 490 g/mol. The summed E-state index contributed by atoms with van der Waals surface area (Å²) in [6.45, 7) is 10.0. The number of ether oxygens (including phenoxy) is 1. The van der Waals surface area contributed by atoms with Gasteiger partial charge in [-0.25, -0.2) is 0 Å². The molecule has 0 radical (unpaired) electrons. The number of halogens is 1. The monoisotopic (exact) mass is 525 g/mol. The molecule has 0 aliphatic carbocycles. The minimum absolute atomic E-state index is 0.0168. The molecule has 5 rings (SSSR count). The Hall–Kier alpha value is -2.81. The quantitative estimate of drug-likeness (QED) is 0.433. The van der Waals surface area contributed by atoms with Crippen LogP contribution in [0, 0.1) is 0 Å². The summed E-state index contributed by atoms with van der Waals surface area (Å²) in [7, 11) is 0. The first-order valence-electron chi connectivity index (χ1n) is 13.3. The van der Waals surface area contributed by atoms with Gasteiger partial charge in [0, 0.05) is 61.1 Å². The van der Waals surface area contributed by atoms with Crippen molar-refractivity contribution < 1.29 is 9.53 Å². The molecule has 2 aliphatic heterocycles. The van der Waals surface area contributed by atoms with Crippen LogP contribution in [0.25, 0.3) is 16.8 Å². The molecule has 37 heavy (non-hydrogen) atoms. The van der Waals surface area contributed by atoms with Gasteiger partial charge in [0.1, 0.15) is 17.8 Å². The lowest BCUT2D eigenvalue weighted by molar-refractivity contribution is -0.122. The van der Waals surface area contributed by atoms with Crippen LogP contribution >= 0.6 is 11.6 Å². The van der Waals surface area contributed by atoms with Crippen molar-refractivity contribution in [3.05, 3.63) is 58.1 Å². The molecule has 8 nitrogen and oxygen atoms in total. The normalized spacial score (nSPS) is 18.4. The zero-order valence-corrected chi connectivity index (χ0v) is 22.4. The smallest absolute Gasteiger partial charge is 0.275 e. The third-order valence-electron chi connectivity index (χ3n) is 7.27. The molecule has 0 unspecified atom stereocenters. The van der Waals surface area contributed by atoms with Crippen molar-refractivity contribution in [3.8, 4) is 17.0 Å². The number of amides is 1. The molecule has 9 heteroatoms. The summed E-state index contributed by atoms with van der Waals surface area (Å²) in [6, 6.07) is 9.77. The molecule has 2 fully saturated rings. The van der Waals surface area contributed by atoms with Crippen LogP contribution in [0.2, 0.25) is 5.02 Å². The SMILES string of the molecule is CC(C)NC(=O)Cn1c(-c2cccc(Cl)c2)cn2cc(OCCCN3CCN4CCC[C@H]4C3)cc2c1=O. The van der Waals surface area contributed by atoms with Gasteiger partial charge >= 0.3 is 0 Å². The summed E-state index contributed by atoms with van der Waals surface area (Å²) in [5.74, 6) is 0.435. The van der Waals surface area contributed by atoms with Gasteiger partial charge in [-0.1, -0.05) is 23.7 Å². The van der Waals surface area contributed by atoms with Crippen molar-refractivity contribution in [3.63, 3.8) is 0 Å². The Morgan fingerprint density at radius 1 is 1.19 bits per heavy atom. The number of carbonyl (C=O) groups is 1. The Morgan fingerprint density at radius 2 is 2.05 bits per heavy atom. The number of rotatable bonds is 9. The van der Waals surface area contributed by atoms with E-state index >= 15 is 0 Å². The van der Waals surface area contributed by atoms with E-state index in [1.54, 1.807) is 22.6 Å². The zero-order valence-electron chi connectivity index (χ0n) is 21.7. The molecule has 2 saturated heterocycles. The first kappa shape index (κ1) is 25.8. The predicted octanol–water partition coefficient (Wildman–Crippen LogP) is 3.49. The van der Waals surface area contributed by atoms with Crippen molar-refractivity contribution in [1.29, 1.82) is 0 Å². The van der Waals surface area contributed by atoms with E-state index in [0.717, 1.165) is 37.7 Å². The number of fused-ring (bicyclic) bond motifs is 2. The van der Waals surface area contributed by atoms with Crippen LogP contribution in [-0.2, 0) is 11.3 Å². The van der Waals surface area contributed by atoms with Crippen LogP contribution in [0.15, 0.2) is 47.5 Å². The Balaban J connectivity index is 1.31. The zero-order chi connectivity index (χ0) is 25.9. The largest absolute Gasteiger partial charge is 0.492 e. The molecule has 4 heterocycles. The van der Waals surface area contributed by atoms with Crippen LogP contribution in [-0.4, -0.2) is 76.1 Å². The molecule has 1 atom stereocenters. The third-order valence-corrected chi connectivity index (χ3v) is 7.51. The van der Waals surface area contributed by atoms with Gasteiger partial charge in [0.15, 0.2) is 0 Å². The highest BCUT2D eigenvalue weighted by molar-refractivity contribution is 6.30. The van der Waals surface area contributed by atoms with Crippen LogP contribution in [0.5, 0.6) is 5.75 Å². The first-order valence-corrected chi connectivity index (χ1v) is 13.7. The number of benzene rings is 1. The average molecular weight is 526 g/mol. The van der Waals surface area contributed by atoms with Crippen molar-refractivity contribution in [2.24, 2.45) is 0 Å². The summed E-state index contributed by atoms with van der Waals surface area (Å²) in [4.78, 5) is 31.3. The molecule has 1 amide bonds. The van der Waals surface area contributed by atoms with Crippen LogP contribution < -0.4 is 15.6 Å². The van der Waals surface area contributed by atoms with Crippen LogP contribution in [0.4, 0.5) is 0 Å². The number of nitrogens with zero attached hydrogens (tertiary/aromatic N) is 4. The Kier molecular flexibility index (Phi) is 7.88. The summed E-state index contributed by atoms with van der Waals surface area (Å²) >= 11 is 6.24. The van der Waals surface area contributed by atoms with E-state index in [1.807, 2.05) is 38.4 Å². The molecule has 3 aromatic rings. The van der Waals surface area contributed by atoms with Crippen molar-refractivity contribution >= 4 is 23.0 Å². The van der Waals surface area contributed by atoms with Crippen molar-refractivity contribution in [1.82, 2.24) is 24.1 Å². The van der Waals surface area contributed by atoms with Crippen LogP contribution in [0.3, 0.4) is 0 Å². The Bertz CT molecular complexity index is 1320. The highest BCUT2D eigenvalue weighted by Gasteiger charge is 2.30. The van der Waals surface area contributed by atoms with E-state index in [1.165, 1.54) is 30.5 Å². The van der Waals surface area contributed by atoms with Gasteiger partial charge in [-0.05, 0) is 51.8 Å². The minimum Gasteiger partial charge on any atom is -0.492 e. The van der Waals surface area contributed by atoms with Crippen LogP contribution in [0.1, 0.15) is 33.1 Å². The number of piperazine rings is 1. The second-order valence-electron chi connectivity index (χ2n) is 10.4. The first-order chi connectivity index (χ1) is 17.9. The molecule has 0 spiro atoms. The number of aromatic nitrogens is 2. The predicted molar refractivity (Wildman–Crippen MR) is 147 cm³/mol. The molecule has 1 N–H and O–H groups in total. The Morgan fingerprint density at radius 3 is 2.86 bits per heavy atom. The van der Waals surface area contributed by atoms with Crippen molar-refractivity contribution in [2.45, 2.75) is 51.7 Å². The van der Waals surface area contributed by atoms with Crippen molar-refractivity contribution in [2.75, 3.05) is 39.3 Å². The number of nitrogens with one attached hydrogen (secondary N) is 1. The summed E-state index contributed by atoms with van der Waals surface area (Å²) < 4.78 is 9.34. The summed E-state index contributed by atoms with van der Waals surface area (Å²) in [5, 5.41) is 3.44. The van der Waals surface area contributed by atoms with Gasteiger partial charge in [0.25, 0.3) is 5.56 Å². The standard InChI is InChI=1S/C28H36ClN5O3/c1-20(2)30-27(35)19-34-26(21-6-3-7-22(29)14-21)18-33-17-24(15-25(33)28(34)36)37-13-5-9-31-11-12-32-10-4-8-23(32)16-31/h3,6-7,14-15,17-18,20,23H,4-5,8-13,16,19H2,1-2H3,(H,30,35)/t23-/m0/s1. The lowest BCUT2D eigenvalue weighted by Crippen LogP contribution is -2.50. The highest BCUT2D eigenvalue weighted by Crippen LogP contribution is 2.25. The molecule has 1 aromatic carbocycles. The molecule has 2 aliphatic rings. The number of carbonyl (C=O) groups excluding carboxylic acids is 1. The fraction of sp³-hybridized carbons (Fsp3) is 0.500.